The molecule has 0 rings (SSSR count). The van der Waals surface area contributed by atoms with E-state index in [4.69, 9.17) is 10.2 Å². The Hall–Kier alpha value is -1.10. The van der Waals surface area contributed by atoms with Crippen LogP contribution in [0, 0.1) is 5.92 Å². The first-order valence-electron chi connectivity index (χ1n) is 7.13. The van der Waals surface area contributed by atoms with Crippen molar-refractivity contribution < 1.29 is 24.5 Å². The fourth-order valence-corrected chi connectivity index (χ4v) is 1.89. The molecule has 0 saturated carbocycles. The molecule has 2 N–H and O–H groups in total. The normalized spacial score (nSPS) is 12.1. The maximum Gasteiger partial charge on any atom is 0.320 e. The molecule has 0 amide bonds. The predicted molar refractivity (Wildman–Crippen MR) is 71.8 cm³/mol. The summed E-state index contributed by atoms with van der Waals surface area (Å²) in [5.41, 5.74) is 0. The fraction of sp³-hybridized carbons (Fsp3) is 0.857. The number of carbonyl (C=O) groups excluding carboxylic acids is 1. The van der Waals surface area contributed by atoms with Gasteiger partial charge in [-0.15, -0.1) is 0 Å². The molecule has 0 aromatic carbocycles. The molecular formula is C14H26O5. The van der Waals surface area contributed by atoms with Gasteiger partial charge in [0.05, 0.1) is 6.61 Å². The van der Waals surface area contributed by atoms with Crippen LogP contribution in [0.5, 0.6) is 0 Å². The van der Waals surface area contributed by atoms with Crippen molar-refractivity contribution >= 4 is 11.9 Å². The summed E-state index contributed by atoms with van der Waals surface area (Å²) < 4.78 is 4.65. The van der Waals surface area contributed by atoms with E-state index in [0.29, 0.717) is 6.42 Å². The molecule has 0 heterocycles. The Bertz CT molecular complexity index is 252. The van der Waals surface area contributed by atoms with Gasteiger partial charge in [-0.3, -0.25) is 9.59 Å². The minimum absolute atomic E-state index is 0.139. The molecule has 5 nitrogen and oxygen atoms in total. The van der Waals surface area contributed by atoms with Crippen LogP contribution in [0.2, 0.25) is 0 Å². The number of carboxylic acid groups (broad SMARTS) is 1. The first-order valence-corrected chi connectivity index (χ1v) is 7.13. The van der Waals surface area contributed by atoms with Crippen LogP contribution in [0.15, 0.2) is 0 Å². The van der Waals surface area contributed by atoms with E-state index in [0.717, 1.165) is 19.3 Å². The van der Waals surface area contributed by atoms with E-state index in [2.05, 4.69) is 11.7 Å². The Morgan fingerprint density at radius 3 is 2.16 bits per heavy atom. The van der Waals surface area contributed by atoms with E-state index in [-0.39, 0.29) is 13.2 Å². The zero-order valence-electron chi connectivity index (χ0n) is 11.8. The number of esters is 1. The Morgan fingerprint density at radius 2 is 1.63 bits per heavy atom. The summed E-state index contributed by atoms with van der Waals surface area (Å²) in [5, 5.41) is 17.5. The highest BCUT2D eigenvalue weighted by Crippen LogP contribution is 2.14. The maximum atomic E-state index is 11.4. The quantitative estimate of drug-likeness (QED) is 0.324. The van der Waals surface area contributed by atoms with E-state index >= 15 is 0 Å². The van der Waals surface area contributed by atoms with Gasteiger partial charge in [-0.2, -0.15) is 0 Å². The van der Waals surface area contributed by atoms with Crippen LogP contribution in [-0.4, -0.2) is 35.4 Å². The standard InChI is InChI=1S/C14H26O5/c1-2-3-4-5-6-7-8-9-12(13(16)17)14(18)19-11-10-15/h12,15H,2-11H2,1H3,(H,16,17). The van der Waals surface area contributed by atoms with Gasteiger partial charge < -0.3 is 14.9 Å². The lowest BCUT2D eigenvalue weighted by Gasteiger charge is -2.11. The van der Waals surface area contributed by atoms with Crippen LogP contribution in [0.4, 0.5) is 0 Å². The van der Waals surface area contributed by atoms with Gasteiger partial charge in [0.1, 0.15) is 6.61 Å². The Balaban J connectivity index is 3.77. The molecule has 0 fully saturated rings. The highest BCUT2D eigenvalue weighted by molar-refractivity contribution is 5.93. The molecule has 0 aromatic rings. The van der Waals surface area contributed by atoms with E-state index in [1.165, 1.54) is 25.7 Å². The monoisotopic (exact) mass is 274 g/mol. The van der Waals surface area contributed by atoms with Gasteiger partial charge in [-0.25, -0.2) is 0 Å². The molecule has 0 spiro atoms. The third-order valence-corrected chi connectivity index (χ3v) is 3.01. The average Bonchev–Trinajstić information content (AvgIpc) is 2.38. The summed E-state index contributed by atoms with van der Waals surface area (Å²) >= 11 is 0. The average molecular weight is 274 g/mol. The third-order valence-electron chi connectivity index (χ3n) is 3.01. The number of hydrogen-bond acceptors (Lipinski definition) is 4. The Kier molecular flexibility index (Phi) is 11.3. The van der Waals surface area contributed by atoms with E-state index in [1.807, 2.05) is 0 Å². The number of hydrogen-bond donors (Lipinski definition) is 2. The highest BCUT2D eigenvalue weighted by atomic mass is 16.5. The number of carboxylic acids is 1. The Labute approximate surface area is 115 Å². The van der Waals surface area contributed by atoms with Crippen molar-refractivity contribution in [1.82, 2.24) is 0 Å². The van der Waals surface area contributed by atoms with Crippen molar-refractivity contribution in [1.29, 1.82) is 0 Å². The summed E-state index contributed by atoms with van der Waals surface area (Å²) in [4.78, 5) is 22.4. The lowest BCUT2D eigenvalue weighted by Crippen LogP contribution is -2.26. The number of aliphatic hydroxyl groups is 1. The Morgan fingerprint density at radius 1 is 1.05 bits per heavy atom. The minimum atomic E-state index is -1.14. The zero-order valence-corrected chi connectivity index (χ0v) is 11.8. The molecular weight excluding hydrogens is 248 g/mol. The number of unbranched alkanes of at least 4 members (excludes halogenated alkanes) is 6. The molecule has 1 unspecified atom stereocenters. The molecule has 112 valence electrons. The van der Waals surface area contributed by atoms with Crippen LogP contribution >= 0.6 is 0 Å². The van der Waals surface area contributed by atoms with E-state index in [9.17, 15) is 9.59 Å². The van der Waals surface area contributed by atoms with Crippen molar-refractivity contribution in [2.75, 3.05) is 13.2 Å². The second-order valence-corrected chi connectivity index (χ2v) is 4.69. The lowest BCUT2D eigenvalue weighted by atomic mass is 10.0. The van der Waals surface area contributed by atoms with Crippen molar-refractivity contribution in [2.24, 2.45) is 5.92 Å². The van der Waals surface area contributed by atoms with E-state index < -0.39 is 17.9 Å². The maximum absolute atomic E-state index is 11.4. The smallest absolute Gasteiger partial charge is 0.320 e. The topological polar surface area (TPSA) is 83.8 Å². The summed E-state index contributed by atoms with van der Waals surface area (Å²) in [6.45, 7) is 1.74. The lowest BCUT2D eigenvalue weighted by molar-refractivity contribution is -0.159. The first-order chi connectivity index (χ1) is 9.13. The largest absolute Gasteiger partial charge is 0.481 e. The van der Waals surface area contributed by atoms with Gasteiger partial charge in [-0.05, 0) is 6.42 Å². The number of aliphatic hydroxyl groups excluding tert-OH is 1. The fourth-order valence-electron chi connectivity index (χ4n) is 1.89. The van der Waals surface area contributed by atoms with Crippen molar-refractivity contribution in [2.45, 2.75) is 58.3 Å². The molecule has 0 aromatic heterocycles. The van der Waals surface area contributed by atoms with Gasteiger partial charge in [0.25, 0.3) is 0 Å². The molecule has 1 atom stereocenters. The number of carbonyl (C=O) groups is 2. The van der Waals surface area contributed by atoms with Gasteiger partial charge in [0.15, 0.2) is 5.92 Å². The molecule has 0 aliphatic carbocycles. The molecule has 0 aliphatic heterocycles. The molecule has 0 saturated heterocycles. The summed E-state index contributed by atoms with van der Waals surface area (Å²) in [7, 11) is 0. The second kappa shape index (κ2) is 12.0. The van der Waals surface area contributed by atoms with Gasteiger partial charge in [0, 0.05) is 0 Å². The third kappa shape index (κ3) is 9.47. The van der Waals surface area contributed by atoms with Crippen LogP contribution in [-0.2, 0) is 14.3 Å². The minimum Gasteiger partial charge on any atom is -0.481 e. The van der Waals surface area contributed by atoms with Crippen molar-refractivity contribution in [3.8, 4) is 0 Å². The summed E-state index contributed by atoms with van der Waals surface area (Å²) in [6, 6.07) is 0. The van der Waals surface area contributed by atoms with Crippen LogP contribution in [0.25, 0.3) is 0 Å². The molecule has 0 aliphatic rings. The first kappa shape index (κ1) is 17.9. The van der Waals surface area contributed by atoms with Gasteiger partial charge in [0.2, 0.25) is 0 Å². The molecule has 0 bridgehead atoms. The molecule has 5 heteroatoms. The van der Waals surface area contributed by atoms with Crippen molar-refractivity contribution in [3.05, 3.63) is 0 Å². The van der Waals surface area contributed by atoms with Crippen molar-refractivity contribution in [3.63, 3.8) is 0 Å². The summed E-state index contributed by atoms with van der Waals surface area (Å²) in [5.74, 6) is -2.98. The van der Waals surface area contributed by atoms with Crippen LogP contribution in [0.1, 0.15) is 58.3 Å². The van der Waals surface area contributed by atoms with E-state index in [1.54, 1.807) is 0 Å². The number of aliphatic carboxylic acids is 1. The SMILES string of the molecule is CCCCCCCCCC(C(=O)O)C(=O)OCCO. The zero-order chi connectivity index (χ0) is 14.5. The predicted octanol–water partition coefficient (Wildman–Crippen LogP) is 2.36. The number of ether oxygens (including phenoxy) is 1. The van der Waals surface area contributed by atoms with Crippen LogP contribution < -0.4 is 0 Å². The molecule has 19 heavy (non-hydrogen) atoms. The van der Waals surface area contributed by atoms with Crippen LogP contribution in [0.3, 0.4) is 0 Å². The van der Waals surface area contributed by atoms with Gasteiger partial charge >= 0.3 is 11.9 Å². The second-order valence-electron chi connectivity index (χ2n) is 4.69. The van der Waals surface area contributed by atoms with Gasteiger partial charge in [-0.1, -0.05) is 51.9 Å². The highest BCUT2D eigenvalue weighted by Gasteiger charge is 2.26. The summed E-state index contributed by atoms with van der Waals surface area (Å²) in [6.07, 6.45) is 7.89. The number of rotatable bonds is 12. The molecule has 0 radical (unpaired) electrons.